The van der Waals surface area contributed by atoms with Crippen LogP contribution in [-0.4, -0.2) is 6.79 Å². The standard InChI is InChI=1S/C15H14ClNO2/c16-13-3-1-2-11(6-13)8-17-9-12-4-5-14-15(7-12)19-10-18-14/h1-7,17H,8-10H2/p+1. The first-order chi connectivity index (χ1) is 9.31. The highest BCUT2D eigenvalue weighted by Crippen LogP contribution is 2.32. The van der Waals surface area contributed by atoms with Gasteiger partial charge in [0.25, 0.3) is 0 Å². The number of fused-ring (bicyclic) bond motifs is 1. The zero-order valence-corrected chi connectivity index (χ0v) is 11.2. The molecule has 1 aliphatic heterocycles. The van der Waals surface area contributed by atoms with Crippen molar-refractivity contribution in [3.63, 3.8) is 0 Å². The van der Waals surface area contributed by atoms with E-state index in [1.54, 1.807) is 0 Å². The molecule has 19 heavy (non-hydrogen) atoms. The van der Waals surface area contributed by atoms with Gasteiger partial charge in [0.1, 0.15) is 13.1 Å². The molecule has 0 saturated carbocycles. The Morgan fingerprint density at radius 1 is 0.947 bits per heavy atom. The lowest BCUT2D eigenvalue weighted by Gasteiger charge is -2.04. The fourth-order valence-electron chi connectivity index (χ4n) is 2.14. The monoisotopic (exact) mass is 276 g/mol. The first kappa shape index (κ1) is 12.3. The van der Waals surface area contributed by atoms with Crippen molar-refractivity contribution in [3.8, 4) is 11.5 Å². The zero-order chi connectivity index (χ0) is 13.1. The predicted molar refractivity (Wildman–Crippen MR) is 73.4 cm³/mol. The van der Waals surface area contributed by atoms with E-state index in [4.69, 9.17) is 21.1 Å². The molecule has 0 fully saturated rings. The Labute approximate surface area is 117 Å². The molecule has 0 bridgehead atoms. The van der Waals surface area contributed by atoms with Gasteiger partial charge in [0.05, 0.1) is 0 Å². The summed E-state index contributed by atoms with van der Waals surface area (Å²) in [6.45, 7) is 2.14. The van der Waals surface area contributed by atoms with E-state index in [1.165, 1.54) is 11.1 Å². The molecule has 0 saturated heterocycles. The summed E-state index contributed by atoms with van der Waals surface area (Å²) in [6.07, 6.45) is 0. The zero-order valence-electron chi connectivity index (χ0n) is 10.4. The minimum atomic E-state index is 0.324. The van der Waals surface area contributed by atoms with Gasteiger partial charge in [-0.25, -0.2) is 0 Å². The Morgan fingerprint density at radius 2 is 1.74 bits per heavy atom. The Kier molecular flexibility index (Phi) is 3.58. The van der Waals surface area contributed by atoms with Crippen LogP contribution in [0.4, 0.5) is 0 Å². The first-order valence-electron chi connectivity index (χ1n) is 6.26. The van der Waals surface area contributed by atoms with Crippen molar-refractivity contribution < 1.29 is 14.8 Å². The molecule has 98 valence electrons. The van der Waals surface area contributed by atoms with Gasteiger partial charge in [-0.1, -0.05) is 23.7 Å². The Hall–Kier alpha value is -1.71. The summed E-state index contributed by atoms with van der Waals surface area (Å²) >= 11 is 5.96. The van der Waals surface area contributed by atoms with E-state index >= 15 is 0 Å². The van der Waals surface area contributed by atoms with Crippen LogP contribution in [0.1, 0.15) is 11.1 Å². The third kappa shape index (κ3) is 3.00. The van der Waals surface area contributed by atoms with Gasteiger partial charge in [0.2, 0.25) is 6.79 Å². The second-order valence-corrected chi connectivity index (χ2v) is 4.95. The maximum absolute atomic E-state index is 5.96. The third-order valence-corrected chi connectivity index (χ3v) is 3.32. The van der Waals surface area contributed by atoms with Crippen LogP contribution in [0.15, 0.2) is 42.5 Å². The SMILES string of the molecule is Clc1cccc(C[NH2+]Cc2ccc3c(c2)OCO3)c1. The van der Waals surface area contributed by atoms with Crippen molar-refractivity contribution in [1.29, 1.82) is 0 Å². The smallest absolute Gasteiger partial charge is 0.231 e. The minimum absolute atomic E-state index is 0.324. The van der Waals surface area contributed by atoms with Crippen LogP contribution in [-0.2, 0) is 13.1 Å². The second-order valence-electron chi connectivity index (χ2n) is 4.51. The summed E-state index contributed by atoms with van der Waals surface area (Å²) in [5.41, 5.74) is 2.46. The van der Waals surface area contributed by atoms with Gasteiger partial charge < -0.3 is 14.8 Å². The quantitative estimate of drug-likeness (QED) is 0.930. The lowest BCUT2D eigenvalue weighted by molar-refractivity contribution is -0.686. The molecular weight excluding hydrogens is 262 g/mol. The van der Waals surface area contributed by atoms with Crippen LogP contribution in [0.25, 0.3) is 0 Å². The van der Waals surface area contributed by atoms with Gasteiger partial charge in [0, 0.05) is 16.1 Å². The highest BCUT2D eigenvalue weighted by Gasteiger charge is 2.13. The topological polar surface area (TPSA) is 35.1 Å². The van der Waals surface area contributed by atoms with Crippen LogP contribution in [0.2, 0.25) is 5.02 Å². The van der Waals surface area contributed by atoms with E-state index in [9.17, 15) is 0 Å². The van der Waals surface area contributed by atoms with Gasteiger partial charge in [-0.05, 0) is 30.3 Å². The normalized spacial score (nSPS) is 12.7. The molecule has 0 atom stereocenters. The van der Waals surface area contributed by atoms with Crippen molar-refractivity contribution in [2.75, 3.05) is 6.79 Å². The van der Waals surface area contributed by atoms with Crippen molar-refractivity contribution in [2.24, 2.45) is 0 Å². The fourth-order valence-corrected chi connectivity index (χ4v) is 2.35. The Balaban J connectivity index is 1.58. The molecule has 0 amide bonds. The summed E-state index contributed by atoms with van der Waals surface area (Å²) in [5, 5.41) is 3.03. The second kappa shape index (κ2) is 5.51. The maximum Gasteiger partial charge on any atom is 0.231 e. The van der Waals surface area contributed by atoms with Crippen molar-refractivity contribution >= 4 is 11.6 Å². The van der Waals surface area contributed by atoms with E-state index in [-0.39, 0.29) is 0 Å². The summed E-state index contributed by atoms with van der Waals surface area (Å²) in [6, 6.07) is 14.0. The van der Waals surface area contributed by atoms with E-state index < -0.39 is 0 Å². The van der Waals surface area contributed by atoms with Gasteiger partial charge in [-0.2, -0.15) is 0 Å². The summed E-state index contributed by atoms with van der Waals surface area (Å²) < 4.78 is 10.7. The largest absolute Gasteiger partial charge is 0.454 e. The molecule has 1 heterocycles. The Bertz CT molecular complexity index is 586. The number of halogens is 1. The average molecular weight is 277 g/mol. The van der Waals surface area contributed by atoms with Gasteiger partial charge in [0.15, 0.2) is 11.5 Å². The first-order valence-corrected chi connectivity index (χ1v) is 6.64. The molecule has 3 rings (SSSR count). The summed E-state index contributed by atoms with van der Waals surface area (Å²) in [7, 11) is 0. The van der Waals surface area contributed by atoms with Crippen molar-refractivity contribution in [1.82, 2.24) is 0 Å². The average Bonchev–Trinajstić information content (AvgIpc) is 2.86. The number of hydrogen-bond donors (Lipinski definition) is 1. The maximum atomic E-state index is 5.96. The molecule has 0 spiro atoms. The van der Waals surface area contributed by atoms with Crippen molar-refractivity contribution in [2.45, 2.75) is 13.1 Å². The highest BCUT2D eigenvalue weighted by molar-refractivity contribution is 6.30. The number of rotatable bonds is 4. The molecule has 1 aliphatic rings. The molecule has 2 aromatic rings. The highest BCUT2D eigenvalue weighted by atomic mass is 35.5. The van der Waals surface area contributed by atoms with Crippen LogP contribution in [0.3, 0.4) is 0 Å². The third-order valence-electron chi connectivity index (χ3n) is 3.09. The summed E-state index contributed by atoms with van der Waals surface area (Å²) in [5.74, 6) is 1.67. The lowest BCUT2D eigenvalue weighted by Crippen LogP contribution is -2.80. The number of hydrogen-bond acceptors (Lipinski definition) is 2. The number of ether oxygens (including phenoxy) is 2. The molecule has 0 radical (unpaired) electrons. The van der Waals surface area contributed by atoms with Gasteiger partial charge in [-0.15, -0.1) is 0 Å². The molecule has 4 heteroatoms. The van der Waals surface area contributed by atoms with Crippen LogP contribution in [0, 0.1) is 0 Å². The molecular formula is C15H15ClNO2+. The van der Waals surface area contributed by atoms with E-state index in [0.717, 1.165) is 29.6 Å². The summed E-state index contributed by atoms with van der Waals surface area (Å²) in [4.78, 5) is 0. The molecule has 0 aliphatic carbocycles. The Morgan fingerprint density at radius 3 is 2.58 bits per heavy atom. The number of quaternary nitrogens is 1. The molecule has 2 N–H and O–H groups in total. The van der Waals surface area contributed by atoms with Crippen LogP contribution in [0.5, 0.6) is 11.5 Å². The van der Waals surface area contributed by atoms with E-state index in [1.807, 2.05) is 30.3 Å². The van der Waals surface area contributed by atoms with Crippen LogP contribution < -0.4 is 14.8 Å². The molecule has 0 unspecified atom stereocenters. The lowest BCUT2D eigenvalue weighted by atomic mass is 10.2. The fraction of sp³-hybridized carbons (Fsp3) is 0.200. The number of benzene rings is 2. The van der Waals surface area contributed by atoms with E-state index in [2.05, 4.69) is 17.4 Å². The van der Waals surface area contributed by atoms with Gasteiger partial charge >= 0.3 is 0 Å². The van der Waals surface area contributed by atoms with Crippen LogP contribution >= 0.6 is 11.6 Å². The molecule has 2 aromatic carbocycles. The van der Waals surface area contributed by atoms with Gasteiger partial charge in [-0.3, -0.25) is 0 Å². The van der Waals surface area contributed by atoms with E-state index in [0.29, 0.717) is 6.79 Å². The predicted octanol–water partition coefficient (Wildman–Crippen LogP) is 2.33. The van der Waals surface area contributed by atoms with Crippen molar-refractivity contribution in [3.05, 3.63) is 58.6 Å². The molecule has 0 aromatic heterocycles. The molecule has 3 nitrogen and oxygen atoms in total. The number of nitrogens with two attached hydrogens (primary N) is 1. The minimum Gasteiger partial charge on any atom is -0.454 e.